The fourth-order valence-corrected chi connectivity index (χ4v) is 4.13. The van der Waals surface area contributed by atoms with Gasteiger partial charge >= 0.3 is 12.4 Å². The lowest BCUT2D eigenvalue weighted by atomic mass is 9.94. The van der Waals surface area contributed by atoms with Gasteiger partial charge in [0.25, 0.3) is 0 Å². The second kappa shape index (κ2) is 9.24. The third-order valence-corrected chi connectivity index (χ3v) is 5.88. The summed E-state index contributed by atoms with van der Waals surface area (Å²) in [6, 6.07) is 10.7. The number of alkyl halides is 6. The molecular formula is C25H27F6NO2. The molecule has 0 aromatic heterocycles. The van der Waals surface area contributed by atoms with Gasteiger partial charge in [0.2, 0.25) is 5.91 Å². The van der Waals surface area contributed by atoms with Crippen LogP contribution in [-0.4, -0.2) is 30.0 Å². The molecule has 3 nitrogen and oxygen atoms in total. The second-order valence-corrected chi connectivity index (χ2v) is 9.63. The lowest BCUT2D eigenvalue weighted by molar-refractivity contribution is -0.143. The minimum atomic E-state index is -4.94. The number of hydrogen-bond donors (Lipinski definition) is 0. The highest BCUT2D eigenvalue weighted by Gasteiger charge is 2.42. The van der Waals surface area contributed by atoms with Gasteiger partial charge in [-0.15, -0.1) is 0 Å². The summed E-state index contributed by atoms with van der Waals surface area (Å²) in [5.41, 5.74) is -2.77. The number of benzene rings is 2. The van der Waals surface area contributed by atoms with Crippen LogP contribution in [0.2, 0.25) is 0 Å². The van der Waals surface area contributed by atoms with Crippen LogP contribution in [-0.2, 0) is 21.9 Å². The number of amides is 1. The van der Waals surface area contributed by atoms with Crippen LogP contribution in [0.4, 0.5) is 26.3 Å². The Morgan fingerprint density at radius 2 is 1.44 bits per heavy atom. The molecule has 1 aliphatic heterocycles. The van der Waals surface area contributed by atoms with E-state index in [1.165, 1.54) is 6.92 Å². The van der Waals surface area contributed by atoms with Gasteiger partial charge in [0.05, 0.1) is 23.3 Å². The Bertz CT molecular complexity index is 979. The first-order valence-corrected chi connectivity index (χ1v) is 10.9. The topological polar surface area (TPSA) is 29.5 Å². The summed E-state index contributed by atoms with van der Waals surface area (Å²) < 4.78 is 85.8. The normalized spacial score (nSPS) is 20.5. The zero-order valence-electron chi connectivity index (χ0n) is 19.3. The highest BCUT2D eigenvalue weighted by molar-refractivity contribution is 5.82. The van der Waals surface area contributed by atoms with Gasteiger partial charge in [-0.2, -0.15) is 26.3 Å². The maximum absolute atomic E-state index is 13.3. The number of halogens is 6. The van der Waals surface area contributed by atoms with Crippen LogP contribution in [0.1, 0.15) is 62.0 Å². The zero-order valence-corrected chi connectivity index (χ0v) is 19.3. The van der Waals surface area contributed by atoms with Crippen molar-refractivity contribution in [3.63, 3.8) is 0 Å². The fourth-order valence-electron chi connectivity index (χ4n) is 4.13. The van der Waals surface area contributed by atoms with Gasteiger partial charge in [-0.05, 0) is 36.2 Å². The van der Waals surface area contributed by atoms with Crippen molar-refractivity contribution in [2.45, 2.75) is 58.2 Å². The van der Waals surface area contributed by atoms with Crippen LogP contribution >= 0.6 is 0 Å². The molecule has 1 aliphatic rings. The van der Waals surface area contributed by atoms with Crippen molar-refractivity contribution in [1.29, 1.82) is 0 Å². The Kier molecular flexibility index (Phi) is 7.09. The molecule has 1 fully saturated rings. The molecular weight excluding hydrogens is 460 g/mol. The van der Waals surface area contributed by atoms with Gasteiger partial charge in [0.1, 0.15) is 0 Å². The fraction of sp³-hybridized carbons (Fsp3) is 0.480. The van der Waals surface area contributed by atoms with Crippen LogP contribution in [0.3, 0.4) is 0 Å². The van der Waals surface area contributed by atoms with Crippen LogP contribution in [0.15, 0.2) is 48.5 Å². The number of ether oxygens (including phenoxy) is 1. The lowest BCUT2D eigenvalue weighted by Crippen LogP contribution is -2.38. The van der Waals surface area contributed by atoms with E-state index >= 15 is 0 Å². The predicted octanol–water partition coefficient (Wildman–Crippen LogP) is 6.84. The molecule has 1 heterocycles. The second-order valence-electron chi connectivity index (χ2n) is 9.63. The Morgan fingerprint density at radius 3 is 1.91 bits per heavy atom. The Hall–Kier alpha value is -2.55. The molecule has 0 radical (unpaired) electrons. The average molecular weight is 487 g/mol. The zero-order chi connectivity index (χ0) is 25.5. The number of hydrogen-bond acceptors (Lipinski definition) is 2. The highest BCUT2D eigenvalue weighted by atomic mass is 19.4. The first-order chi connectivity index (χ1) is 15.6. The minimum Gasteiger partial charge on any atom is -0.368 e. The van der Waals surface area contributed by atoms with Gasteiger partial charge < -0.3 is 9.64 Å². The smallest absolute Gasteiger partial charge is 0.368 e. The molecule has 0 N–H and O–H groups in total. The van der Waals surface area contributed by atoms with Crippen LogP contribution < -0.4 is 0 Å². The predicted molar refractivity (Wildman–Crippen MR) is 115 cm³/mol. The van der Waals surface area contributed by atoms with E-state index in [0.29, 0.717) is 18.7 Å². The van der Waals surface area contributed by atoms with Crippen LogP contribution in [0.25, 0.3) is 0 Å². The lowest BCUT2D eigenvalue weighted by Gasteiger charge is -2.26. The average Bonchev–Trinajstić information content (AvgIpc) is 3.15. The maximum atomic E-state index is 13.3. The van der Waals surface area contributed by atoms with Crippen molar-refractivity contribution in [1.82, 2.24) is 4.90 Å². The van der Waals surface area contributed by atoms with Crippen LogP contribution in [0.5, 0.6) is 0 Å². The van der Waals surface area contributed by atoms with E-state index < -0.39 is 41.1 Å². The number of nitrogens with zero attached hydrogens (tertiary/aromatic N) is 1. The summed E-state index contributed by atoms with van der Waals surface area (Å²) in [7, 11) is 0. The van der Waals surface area contributed by atoms with Gasteiger partial charge in [0, 0.05) is 24.4 Å². The largest absolute Gasteiger partial charge is 0.416 e. The summed E-state index contributed by atoms with van der Waals surface area (Å²) in [4.78, 5) is 14.5. The molecule has 3 atom stereocenters. The Labute approximate surface area is 194 Å². The van der Waals surface area contributed by atoms with E-state index in [4.69, 9.17) is 4.74 Å². The summed E-state index contributed by atoms with van der Waals surface area (Å²) >= 11 is 0. The quantitative estimate of drug-likeness (QED) is 0.442. The molecule has 2 aromatic rings. The Balaban J connectivity index is 1.93. The van der Waals surface area contributed by atoms with E-state index in [1.54, 1.807) is 25.7 Å². The summed E-state index contributed by atoms with van der Waals surface area (Å²) in [6.07, 6.45) is -11.5. The number of carbonyl (C=O) groups excluding carboxylic acids is 1. The molecule has 3 rings (SSSR count). The molecule has 186 valence electrons. The van der Waals surface area contributed by atoms with E-state index in [-0.39, 0.29) is 30.0 Å². The van der Waals surface area contributed by atoms with E-state index in [1.807, 2.05) is 30.3 Å². The highest BCUT2D eigenvalue weighted by Crippen LogP contribution is 2.40. The first kappa shape index (κ1) is 26.1. The summed E-state index contributed by atoms with van der Waals surface area (Å²) in [5.74, 6) is -0.381. The van der Waals surface area contributed by atoms with Crippen molar-refractivity contribution in [3.8, 4) is 0 Å². The standard InChI is InChI=1S/C25H27F6NO2/c1-15(17-10-18(24(26,27)28)12-19(11-17)25(29,30)31)34-21-14-32(22(33)23(2,3)4)13-20(21)16-8-6-5-7-9-16/h5-12,15,20-21H,13-14H2,1-4H3/t15-,20+,21-/m1/s1. The first-order valence-electron chi connectivity index (χ1n) is 10.9. The molecule has 34 heavy (non-hydrogen) atoms. The van der Waals surface area contributed by atoms with Crippen molar-refractivity contribution in [2.75, 3.05) is 13.1 Å². The molecule has 0 bridgehead atoms. The van der Waals surface area contributed by atoms with E-state index in [2.05, 4.69) is 0 Å². The van der Waals surface area contributed by atoms with E-state index in [9.17, 15) is 31.1 Å². The van der Waals surface area contributed by atoms with Crippen LogP contribution in [0, 0.1) is 5.41 Å². The minimum absolute atomic E-state index is 0.0995. The number of rotatable bonds is 4. The van der Waals surface area contributed by atoms with Gasteiger partial charge in [-0.25, -0.2) is 0 Å². The SMILES string of the molecule is C[C@@H](O[C@@H]1CN(C(=O)C(C)(C)C)C[C@H]1c1ccccc1)c1cc(C(F)(F)F)cc(C(F)(F)F)c1. The van der Waals surface area contributed by atoms with Gasteiger partial charge in [0.15, 0.2) is 0 Å². The van der Waals surface area contributed by atoms with Gasteiger partial charge in [-0.1, -0.05) is 51.1 Å². The van der Waals surface area contributed by atoms with E-state index in [0.717, 1.165) is 5.56 Å². The third kappa shape index (κ3) is 5.92. The number of likely N-dealkylation sites (tertiary alicyclic amines) is 1. The molecule has 9 heteroatoms. The molecule has 0 saturated carbocycles. The van der Waals surface area contributed by atoms with Crippen molar-refractivity contribution in [2.24, 2.45) is 5.41 Å². The molecule has 0 aliphatic carbocycles. The monoisotopic (exact) mass is 487 g/mol. The number of carbonyl (C=O) groups is 1. The Morgan fingerprint density at radius 1 is 0.912 bits per heavy atom. The molecule has 0 spiro atoms. The third-order valence-electron chi connectivity index (χ3n) is 5.88. The molecule has 1 saturated heterocycles. The molecule has 1 amide bonds. The van der Waals surface area contributed by atoms with Crippen molar-refractivity contribution in [3.05, 3.63) is 70.8 Å². The van der Waals surface area contributed by atoms with Gasteiger partial charge in [-0.3, -0.25) is 4.79 Å². The van der Waals surface area contributed by atoms with Crippen molar-refractivity contribution < 1.29 is 35.9 Å². The van der Waals surface area contributed by atoms with Crippen molar-refractivity contribution >= 4 is 5.91 Å². The molecule has 0 unspecified atom stereocenters. The molecule has 2 aromatic carbocycles. The maximum Gasteiger partial charge on any atom is 0.416 e. The summed E-state index contributed by atoms with van der Waals surface area (Å²) in [5, 5.41) is 0. The summed E-state index contributed by atoms with van der Waals surface area (Å²) in [6.45, 7) is 7.30.